The number of hydrogen-bond acceptors (Lipinski definition) is 5. The maximum Gasteiger partial charge on any atom is 0.318 e. The number of anilines is 1. The quantitative estimate of drug-likeness (QED) is 0.794. The van der Waals surface area contributed by atoms with Gasteiger partial charge in [0, 0.05) is 12.1 Å². The zero-order valence-electron chi connectivity index (χ0n) is 12.6. The molecule has 1 atom stereocenters. The number of hydrogen-bond donors (Lipinski definition) is 1. The predicted octanol–water partition coefficient (Wildman–Crippen LogP) is 3.42. The van der Waals surface area contributed by atoms with Crippen molar-refractivity contribution in [2.75, 3.05) is 18.5 Å². The standard InChI is InChI=1S/C15H21ClN4O/c1-4-8-17-10-14-18-19-15(21-14)20(3)11(2)12-6-5-7-13(16)9-12/h5-7,9,11,17H,4,8,10H2,1-3H3. The van der Waals surface area contributed by atoms with E-state index in [2.05, 4.69) is 29.4 Å². The number of rotatable bonds is 7. The van der Waals surface area contributed by atoms with Crippen molar-refractivity contribution in [3.05, 3.63) is 40.7 Å². The van der Waals surface area contributed by atoms with Crippen molar-refractivity contribution in [1.82, 2.24) is 15.5 Å². The van der Waals surface area contributed by atoms with Crippen molar-refractivity contribution in [1.29, 1.82) is 0 Å². The first-order valence-corrected chi connectivity index (χ1v) is 7.51. The SMILES string of the molecule is CCCNCc1nnc(N(C)C(C)c2cccc(Cl)c2)o1. The minimum atomic E-state index is 0.0978. The topological polar surface area (TPSA) is 54.2 Å². The van der Waals surface area contributed by atoms with Crippen molar-refractivity contribution >= 4 is 17.6 Å². The van der Waals surface area contributed by atoms with E-state index in [9.17, 15) is 0 Å². The zero-order valence-corrected chi connectivity index (χ0v) is 13.4. The molecule has 21 heavy (non-hydrogen) atoms. The summed E-state index contributed by atoms with van der Waals surface area (Å²) in [5.74, 6) is 0.601. The highest BCUT2D eigenvalue weighted by Crippen LogP contribution is 2.25. The summed E-state index contributed by atoms with van der Waals surface area (Å²) in [5.41, 5.74) is 1.11. The molecular formula is C15H21ClN4O. The van der Waals surface area contributed by atoms with Crippen LogP contribution in [0.1, 0.15) is 37.8 Å². The monoisotopic (exact) mass is 308 g/mol. The van der Waals surface area contributed by atoms with Gasteiger partial charge in [-0.25, -0.2) is 0 Å². The maximum absolute atomic E-state index is 6.04. The number of nitrogens with one attached hydrogen (secondary N) is 1. The zero-order chi connectivity index (χ0) is 15.2. The molecule has 0 bridgehead atoms. The Morgan fingerprint density at radius 3 is 2.90 bits per heavy atom. The Balaban J connectivity index is 2.03. The Bertz CT molecular complexity index is 572. The summed E-state index contributed by atoms with van der Waals surface area (Å²) in [6.45, 7) is 5.73. The molecule has 0 spiro atoms. The fourth-order valence-corrected chi connectivity index (χ4v) is 2.19. The first kappa shape index (κ1) is 15.8. The Morgan fingerprint density at radius 2 is 2.19 bits per heavy atom. The van der Waals surface area contributed by atoms with Gasteiger partial charge in [0.2, 0.25) is 5.89 Å². The van der Waals surface area contributed by atoms with E-state index in [0.717, 1.165) is 23.6 Å². The molecule has 5 nitrogen and oxygen atoms in total. The highest BCUT2D eigenvalue weighted by molar-refractivity contribution is 6.30. The van der Waals surface area contributed by atoms with Gasteiger partial charge in [-0.15, -0.1) is 5.10 Å². The first-order chi connectivity index (χ1) is 10.1. The lowest BCUT2D eigenvalue weighted by Crippen LogP contribution is -2.21. The molecule has 0 aliphatic heterocycles. The summed E-state index contributed by atoms with van der Waals surface area (Å²) in [7, 11) is 1.93. The molecule has 1 aromatic carbocycles. The fourth-order valence-electron chi connectivity index (χ4n) is 1.99. The second-order valence-electron chi connectivity index (χ2n) is 5.00. The van der Waals surface area contributed by atoms with Crippen LogP contribution in [-0.2, 0) is 6.54 Å². The van der Waals surface area contributed by atoms with Crippen LogP contribution in [0.3, 0.4) is 0 Å². The lowest BCUT2D eigenvalue weighted by molar-refractivity contribution is 0.458. The van der Waals surface area contributed by atoms with Gasteiger partial charge in [-0.2, -0.15) is 0 Å². The van der Waals surface area contributed by atoms with E-state index in [0.29, 0.717) is 18.5 Å². The molecular weight excluding hydrogens is 288 g/mol. The number of benzene rings is 1. The van der Waals surface area contributed by atoms with Crippen LogP contribution in [0.15, 0.2) is 28.7 Å². The summed E-state index contributed by atoms with van der Waals surface area (Å²) >= 11 is 6.04. The Morgan fingerprint density at radius 1 is 1.38 bits per heavy atom. The van der Waals surface area contributed by atoms with E-state index >= 15 is 0 Å². The lowest BCUT2D eigenvalue weighted by atomic mass is 10.1. The molecule has 6 heteroatoms. The van der Waals surface area contributed by atoms with Crippen LogP contribution in [0.4, 0.5) is 6.01 Å². The number of nitrogens with zero attached hydrogens (tertiary/aromatic N) is 3. The first-order valence-electron chi connectivity index (χ1n) is 7.13. The second kappa shape index (κ2) is 7.43. The second-order valence-corrected chi connectivity index (χ2v) is 5.43. The summed E-state index contributed by atoms with van der Waals surface area (Å²) in [6.07, 6.45) is 1.08. The van der Waals surface area contributed by atoms with Crippen LogP contribution in [-0.4, -0.2) is 23.8 Å². The fraction of sp³-hybridized carbons (Fsp3) is 0.467. The van der Waals surface area contributed by atoms with Crippen LogP contribution in [0.5, 0.6) is 0 Å². The maximum atomic E-state index is 6.04. The normalized spacial score (nSPS) is 12.4. The van der Waals surface area contributed by atoms with Crippen LogP contribution in [0.25, 0.3) is 0 Å². The molecule has 0 radical (unpaired) electrons. The molecule has 1 aromatic heterocycles. The molecule has 0 fully saturated rings. The molecule has 0 saturated heterocycles. The Kier molecular flexibility index (Phi) is 5.59. The van der Waals surface area contributed by atoms with Crippen LogP contribution in [0, 0.1) is 0 Å². The molecule has 1 heterocycles. The summed E-state index contributed by atoms with van der Waals surface area (Å²) in [4.78, 5) is 1.95. The van der Waals surface area contributed by atoms with E-state index in [1.54, 1.807) is 0 Å². The van der Waals surface area contributed by atoms with Crippen molar-refractivity contribution in [2.24, 2.45) is 0 Å². The van der Waals surface area contributed by atoms with E-state index in [4.69, 9.17) is 16.0 Å². The van der Waals surface area contributed by atoms with Gasteiger partial charge < -0.3 is 14.6 Å². The molecule has 0 aliphatic carbocycles. The molecule has 1 N–H and O–H groups in total. The van der Waals surface area contributed by atoms with Crippen molar-refractivity contribution < 1.29 is 4.42 Å². The lowest BCUT2D eigenvalue weighted by Gasteiger charge is -2.23. The van der Waals surface area contributed by atoms with Crippen molar-refractivity contribution in [3.8, 4) is 0 Å². The van der Waals surface area contributed by atoms with E-state index in [1.165, 1.54) is 0 Å². The summed E-state index contributed by atoms with van der Waals surface area (Å²) in [5, 5.41) is 12.1. The van der Waals surface area contributed by atoms with Gasteiger partial charge in [0.25, 0.3) is 0 Å². The predicted molar refractivity (Wildman–Crippen MR) is 84.6 cm³/mol. The highest BCUT2D eigenvalue weighted by Gasteiger charge is 2.18. The summed E-state index contributed by atoms with van der Waals surface area (Å²) in [6, 6.07) is 8.39. The highest BCUT2D eigenvalue weighted by atomic mass is 35.5. The minimum absolute atomic E-state index is 0.0978. The van der Waals surface area contributed by atoms with Gasteiger partial charge in [-0.1, -0.05) is 35.8 Å². The Hall–Kier alpha value is -1.59. The number of halogens is 1. The molecule has 0 amide bonds. The smallest absolute Gasteiger partial charge is 0.318 e. The largest absolute Gasteiger partial charge is 0.407 e. The third kappa shape index (κ3) is 4.19. The molecule has 2 aromatic rings. The van der Waals surface area contributed by atoms with Gasteiger partial charge in [0.05, 0.1) is 12.6 Å². The average molecular weight is 309 g/mol. The van der Waals surface area contributed by atoms with Crippen molar-refractivity contribution in [3.63, 3.8) is 0 Å². The van der Waals surface area contributed by atoms with E-state index in [-0.39, 0.29) is 6.04 Å². The van der Waals surface area contributed by atoms with Gasteiger partial charge in [0.1, 0.15) is 0 Å². The van der Waals surface area contributed by atoms with Gasteiger partial charge in [-0.05, 0) is 37.6 Å². The van der Waals surface area contributed by atoms with Crippen LogP contribution in [0.2, 0.25) is 5.02 Å². The third-order valence-electron chi connectivity index (χ3n) is 3.37. The van der Waals surface area contributed by atoms with Crippen LogP contribution >= 0.6 is 11.6 Å². The molecule has 0 aliphatic rings. The minimum Gasteiger partial charge on any atom is -0.407 e. The van der Waals surface area contributed by atoms with E-state index < -0.39 is 0 Å². The van der Waals surface area contributed by atoms with Gasteiger partial charge >= 0.3 is 6.01 Å². The molecule has 0 saturated carbocycles. The average Bonchev–Trinajstić information content (AvgIpc) is 2.95. The number of aromatic nitrogens is 2. The molecule has 2 rings (SSSR count). The van der Waals surface area contributed by atoms with Crippen LogP contribution < -0.4 is 10.2 Å². The Labute approximate surface area is 130 Å². The van der Waals surface area contributed by atoms with Gasteiger partial charge in [-0.3, -0.25) is 0 Å². The molecule has 114 valence electrons. The third-order valence-corrected chi connectivity index (χ3v) is 3.61. The molecule has 1 unspecified atom stereocenters. The summed E-state index contributed by atoms with van der Waals surface area (Å²) < 4.78 is 5.67. The van der Waals surface area contributed by atoms with Gasteiger partial charge in [0.15, 0.2) is 0 Å². The van der Waals surface area contributed by atoms with E-state index in [1.807, 2.05) is 36.2 Å². The van der Waals surface area contributed by atoms with Crippen molar-refractivity contribution in [2.45, 2.75) is 32.9 Å².